The fourth-order valence-electron chi connectivity index (χ4n) is 2.00. The second kappa shape index (κ2) is 5.33. The molecule has 3 rings (SSSR count). The quantitative estimate of drug-likeness (QED) is 0.894. The molecule has 0 saturated heterocycles. The summed E-state index contributed by atoms with van der Waals surface area (Å²) >= 11 is 0. The lowest BCUT2D eigenvalue weighted by Crippen LogP contribution is -2.15. The van der Waals surface area contributed by atoms with Gasteiger partial charge < -0.3 is 10.6 Å². The predicted octanol–water partition coefficient (Wildman–Crippen LogP) is 3.22. The van der Waals surface area contributed by atoms with Crippen molar-refractivity contribution >= 4 is 17.4 Å². The summed E-state index contributed by atoms with van der Waals surface area (Å²) in [6.45, 7) is 1.99. The van der Waals surface area contributed by atoms with Crippen molar-refractivity contribution in [2.75, 3.05) is 10.6 Å². The van der Waals surface area contributed by atoms with Crippen LogP contribution >= 0.6 is 0 Å². The highest BCUT2D eigenvalue weighted by molar-refractivity contribution is 6.03. The van der Waals surface area contributed by atoms with Gasteiger partial charge in [0, 0.05) is 11.7 Å². The molecule has 1 aromatic carbocycles. The van der Waals surface area contributed by atoms with Crippen molar-refractivity contribution < 1.29 is 4.79 Å². The van der Waals surface area contributed by atoms with Crippen molar-refractivity contribution in [2.24, 2.45) is 0 Å². The lowest BCUT2D eigenvalue weighted by atomic mass is 10.2. The summed E-state index contributed by atoms with van der Waals surface area (Å²) in [5.74, 6) is 0.583. The number of nitrogens with one attached hydrogen (secondary N) is 2. The van der Waals surface area contributed by atoms with Crippen LogP contribution in [0.4, 0.5) is 11.5 Å². The Labute approximate surface area is 118 Å². The van der Waals surface area contributed by atoms with Crippen molar-refractivity contribution in [1.29, 1.82) is 0 Å². The number of rotatable bonds is 4. The van der Waals surface area contributed by atoms with Crippen LogP contribution < -0.4 is 10.6 Å². The van der Waals surface area contributed by atoms with Crippen LogP contribution in [-0.4, -0.2) is 16.9 Å². The Morgan fingerprint density at radius 1 is 1.20 bits per heavy atom. The summed E-state index contributed by atoms with van der Waals surface area (Å²) in [5.41, 5.74) is 2.33. The highest BCUT2D eigenvalue weighted by atomic mass is 16.1. The van der Waals surface area contributed by atoms with Crippen LogP contribution in [0, 0.1) is 6.92 Å². The van der Waals surface area contributed by atoms with Crippen LogP contribution in [0.25, 0.3) is 0 Å². The van der Waals surface area contributed by atoms with Gasteiger partial charge in [-0.15, -0.1) is 0 Å². The van der Waals surface area contributed by atoms with Crippen molar-refractivity contribution in [1.82, 2.24) is 4.98 Å². The average Bonchev–Trinajstić information content (AvgIpc) is 3.23. The first-order valence-electron chi connectivity index (χ1n) is 6.82. The number of aromatic nitrogens is 1. The first kappa shape index (κ1) is 12.7. The Morgan fingerprint density at radius 2 is 2.00 bits per heavy atom. The summed E-state index contributed by atoms with van der Waals surface area (Å²) in [4.78, 5) is 16.5. The van der Waals surface area contributed by atoms with Crippen LogP contribution in [0.2, 0.25) is 0 Å². The second-order valence-corrected chi connectivity index (χ2v) is 5.15. The van der Waals surface area contributed by atoms with E-state index in [1.54, 1.807) is 6.07 Å². The van der Waals surface area contributed by atoms with E-state index in [-0.39, 0.29) is 5.91 Å². The van der Waals surface area contributed by atoms with Crippen molar-refractivity contribution in [3.05, 3.63) is 53.7 Å². The van der Waals surface area contributed by atoms with E-state index in [0.717, 1.165) is 17.1 Å². The third kappa shape index (κ3) is 3.15. The molecular formula is C16H17N3O. The fourth-order valence-corrected chi connectivity index (χ4v) is 2.00. The monoisotopic (exact) mass is 267 g/mol. The Hall–Kier alpha value is -2.36. The standard InChI is InChI=1S/C16H17N3O/c1-11-4-2-5-13(10-11)18-16(20)14-6-3-7-15(19-14)17-12-8-9-12/h2-7,10,12H,8-9H2,1H3,(H,17,19)(H,18,20). The summed E-state index contributed by atoms with van der Waals surface area (Å²) in [6.07, 6.45) is 2.36. The number of aryl methyl sites for hydroxylation is 1. The summed E-state index contributed by atoms with van der Waals surface area (Å²) in [6, 6.07) is 13.7. The van der Waals surface area contributed by atoms with Gasteiger partial charge in [-0.3, -0.25) is 4.79 Å². The van der Waals surface area contributed by atoms with E-state index in [1.165, 1.54) is 12.8 Å². The molecule has 1 saturated carbocycles. The van der Waals surface area contributed by atoms with Gasteiger partial charge in [0.2, 0.25) is 0 Å². The molecule has 1 fully saturated rings. The van der Waals surface area contributed by atoms with E-state index in [4.69, 9.17) is 0 Å². The van der Waals surface area contributed by atoms with Gasteiger partial charge in [-0.1, -0.05) is 18.2 Å². The van der Waals surface area contributed by atoms with E-state index in [0.29, 0.717) is 11.7 Å². The molecular weight excluding hydrogens is 250 g/mol. The number of carbonyl (C=O) groups excluding carboxylic acids is 1. The maximum Gasteiger partial charge on any atom is 0.274 e. The molecule has 1 amide bonds. The predicted molar refractivity (Wildman–Crippen MR) is 80.0 cm³/mol. The zero-order chi connectivity index (χ0) is 13.9. The number of anilines is 2. The highest BCUT2D eigenvalue weighted by Crippen LogP contribution is 2.23. The maximum absolute atomic E-state index is 12.2. The van der Waals surface area contributed by atoms with E-state index >= 15 is 0 Å². The molecule has 102 valence electrons. The zero-order valence-corrected chi connectivity index (χ0v) is 11.4. The van der Waals surface area contributed by atoms with E-state index in [9.17, 15) is 4.79 Å². The Balaban J connectivity index is 1.72. The summed E-state index contributed by atoms with van der Waals surface area (Å²) < 4.78 is 0. The largest absolute Gasteiger partial charge is 0.367 e. The minimum Gasteiger partial charge on any atom is -0.367 e. The first-order chi connectivity index (χ1) is 9.70. The molecule has 1 aliphatic rings. The molecule has 1 heterocycles. The lowest BCUT2D eigenvalue weighted by molar-refractivity contribution is 0.102. The molecule has 0 radical (unpaired) electrons. The number of pyridine rings is 1. The molecule has 1 aromatic heterocycles. The summed E-state index contributed by atoms with van der Waals surface area (Å²) in [7, 11) is 0. The van der Waals surface area contributed by atoms with Gasteiger partial charge >= 0.3 is 0 Å². The molecule has 4 nitrogen and oxygen atoms in total. The van der Waals surface area contributed by atoms with Crippen LogP contribution in [0.1, 0.15) is 28.9 Å². The summed E-state index contributed by atoms with van der Waals surface area (Å²) in [5, 5.41) is 6.16. The normalized spacial score (nSPS) is 13.8. The number of nitrogens with zero attached hydrogens (tertiary/aromatic N) is 1. The molecule has 2 aromatic rings. The molecule has 0 unspecified atom stereocenters. The van der Waals surface area contributed by atoms with Gasteiger partial charge in [-0.05, 0) is 49.6 Å². The molecule has 1 aliphatic carbocycles. The number of carbonyl (C=O) groups is 1. The molecule has 0 atom stereocenters. The van der Waals surface area contributed by atoms with Crippen molar-refractivity contribution in [3.63, 3.8) is 0 Å². The Morgan fingerprint density at radius 3 is 2.75 bits per heavy atom. The van der Waals surface area contributed by atoms with Gasteiger partial charge in [0.05, 0.1) is 0 Å². The average molecular weight is 267 g/mol. The van der Waals surface area contributed by atoms with Crippen molar-refractivity contribution in [3.8, 4) is 0 Å². The third-order valence-electron chi connectivity index (χ3n) is 3.19. The Bertz CT molecular complexity index is 635. The molecule has 4 heteroatoms. The lowest BCUT2D eigenvalue weighted by Gasteiger charge is -2.08. The topological polar surface area (TPSA) is 54.0 Å². The second-order valence-electron chi connectivity index (χ2n) is 5.15. The minimum atomic E-state index is -0.185. The number of hydrogen-bond donors (Lipinski definition) is 2. The van der Waals surface area contributed by atoms with Gasteiger partial charge in [0.25, 0.3) is 5.91 Å². The van der Waals surface area contributed by atoms with Gasteiger partial charge in [0.15, 0.2) is 0 Å². The molecule has 20 heavy (non-hydrogen) atoms. The van der Waals surface area contributed by atoms with Gasteiger partial charge in [-0.2, -0.15) is 0 Å². The maximum atomic E-state index is 12.2. The van der Waals surface area contributed by atoms with Crippen LogP contribution in [0.15, 0.2) is 42.5 Å². The molecule has 0 aliphatic heterocycles. The molecule has 2 N–H and O–H groups in total. The van der Waals surface area contributed by atoms with Gasteiger partial charge in [-0.25, -0.2) is 4.98 Å². The highest BCUT2D eigenvalue weighted by Gasteiger charge is 2.21. The number of benzene rings is 1. The zero-order valence-electron chi connectivity index (χ0n) is 11.4. The van der Waals surface area contributed by atoms with Crippen LogP contribution in [-0.2, 0) is 0 Å². The molecule has 0 bridgehead atoms. The van der Waals surface area contributed by atoms with E-state index in [1.807, 2.05) is 43.3 Å². The first-order valence-corrected chi connectivity index (χ1v) is 6.82. The van der Waals surface area contributed by atoms with E-state index in [2.05, 4.69) is 15.6 Å². The van der Waals surface area contributed by atoms with E-state index < -0.39 is 0 Å². The van der Waals surface area contributed by atoms with Crippen molar-refractivity contribution in [2.45, 2.75) is 25.8 Å². The minimum absolute atomic E-state index is 0.185. The fraction of sp³-hybridized carbons (Fsp3) is 0.250. The van der Waals surface area contributed by atoms with Crippen LogP contribution in [0.5, 0.6) is 0 Å². The smallest absolute Gasteiger partial charge is 0.274 e. The SMILES string of the molecule is Cc1cccc(NC(=O)c2cccc(NC3CC3)n2)c1. The molecule has 0 spiro atoms. The van der Waals surface area contributed by atoms with Crippen LogP contribution in [0.3, 0.4) is 0 Å². The Kier molecular flexibility index (Phi) is 3.37. The number of amides is 1. The van der Waals surface area contributed by atoms with Gasteiger partial charge in [0.1, 0.15) is 11.5 Å². The number of hydrogen-bond acceptors (Lipinski definition) is 3. The third-order valence-corrected chi connectivity index (χ3v) is 3.19.